The smallest absolute Gasteiger partial charge is 0.00218 e. The van der Waals surface area contributed by atoms with Gasteiger partial charge in [-0.3, -0.25) is 0 Å². The van der Waals surface area contributed by atoms with E-state index in [0.29, 0.717) is 0 Å². The zero-order valence-corrected chi connectivity index (χ0v) is 11.9. The van der Waals surface area contributed by atoms with Crippen LogP contribution in [0.5, 0.6) is 0 Å². The monoisotopic (exact) mass is 228 g/mol. The summed E-state index contributed by atoms with van der Waals surface area (Å²) in [6, 6.07) is 0. The molecular formula is C14H32N2. The second-order valence-electron chi connectivity index (χ2n) is 5.32. The molecule has 2 heteroatoms. The van der Waals surface area contributed by atoms with Gasteiger partial charge in [0, 0.05) is 0 Å². The van der Waals surface area contributed by atoms with Crippen molar-refractivity contribution in [3.63, 3.8) is 0 Å². The fourth-order valence-electron chi connectivity index (χ4n) is 1.87. The molecule has 0 bridgehead atoms. The van der Waals surface area contributed by atoms with Crippen LogP contribution >= 0.6 is 0 Å². The minimum atomic E-state index is 0.780. The SMILES string of the molecule is CCCN(C)CCCCCCNCC(C)C. The maximum Gasteiger partial charge on any atom is -0.00218 e. The Balaban J connectivity index is 3.04. The van der Waals surface area contributed by atoms with E-state index in [4.69, 9.17) is 0 Å². The van der Waals surface area contributed by atoms with Crippen molar-refractivity contribution in [3.8, 4) is 0 Å². The van der Waals surface area contributed by atoms with E-state index in [1.807, 2.05) is 0 Å². The van der Waals surface area contributed by atoms with Gasteiger partial charge in [-0.15, -0.1) is 0 Å². The van der Waals surface area contributed by atoms with Crippen molar-refractivity contribution in [2.45, 2.75) is 52.9 Å². The highest BCUT2D eigenvalue weighted by Crippen LogP contribution is 2.01. The van der Waals surface area contributed by atoms with Gasteiger partial charge in [0.1, 0.15) is 0 Å². The number of nitrogens with one attached hydrogen (secondary N) is 1. The predicted octanol–water partition coefficient (Wildman–Crippen LogP) is 3.13. The maximum atomic E-state index is 3.49. The molecule has 0 aliphatic heterocycles. The van der Waals surface area contributed by atoms with Gasteiger partial charge in [0.05, 0.1) is 0 Å². The summed E-state index contributed by atoms with van der Waals surface area (Å²) < 4.78 is 0. The molecule has 1 N–H and O–H groups in total. The van der Waals surface area contributed by atoms with E-state index in [9.17, 15) is 0 Å². The number of rotatable bonds is 11. The van der Waals surface area contributed by atoms with Crippen molar-refractivity contribution in [1.29, 1.82) is 0 Å². The highest BCUT2D eigenvalue weighted by atomic mass is 15.1. The Bertz CT molecular complexity index is 135. The molecule has 0 unspecified atom stereocenters. The van der Waals surface area contributed by atoms with Crippen LogP contribution in [0, 0.1) is 5.92 Å². The largest absolute Gasteiger partial charge is 0.316 e. The molecule has 98 valence electrons. The standard InChI is InChI=1S/C14H32N2/c1-5-11-16(4)12-9-7-6-8-10-15-13-14(2)3/h14-15H,5-13H2,1-4H3. The van der Waals surface area contributed by atoms with Crippen molar-refractivity contribution >= 4 is 0 Å². The van der Waals surface area contributed by atoms with Gasteiger partial charge in [-0.05, 0) is 58.4 Å². The summed E-state index contributed by atoms with van der Waals surface area (Å²) in [7, 11) is 2.23. The summed E-state index contributed by atoms with van der Waals surface area (Å²) >= 11 is 0. The molecule has 0 aromatic carbocycles. The van der Waals surface area contributed by atoms with Gasteiger partial charge in [-0.25, -0.2) is 0 Å². The molecule has 0 aliphatic carbocycles. The number of nitrogens with zero attached hydrogens (tertiary/aromatic N) is 1. The van der Waals surface area contributed by atoms with E-state index < -0.39 is 0 Å². The quantitative estimate of drug-likeness (QED) is 0.547. The molecule has 0 amide bonds. The summed E-state index contributed by atoms with van der Waals surface area (Å²) in [5.74, 6) is 0.780. The minimum absolute atomic E-state index is 0.780. The van der Waals surface area contributed by atoms with Crippen LogP contribution in [0.15, 0.2) is 0 Å². The lowest BCUT2D eigenvalue weighted by molar-refractivity contribution is 0.324. The van der Waals surface area contributed by atoms with Crippen molar-refractivity contribution in [1.82, 2.24) is 10.2 Å². The third-order valence-corrected chi connectivity index (χ3v) is 2.80. The first-order chi connectivity index (χ1) is 7.66. The lowest BCUT2D eigenvalue weighted by Gasteiger charge is -2.14. The summed E-state index contributed by atoms with van der Waals surface area (Å²) in [5, 5.41) is 3.49. The molecular weight excluding hydrogens is 196 g/mol. The predicted molar refractivity (Wildman–Crippen MR) is 74.0 cm³/mol. The van der Waals surface area contributed by atoms with Crippen molar-refractivity contribution in [3.05, 3.63) is 0 Å². The van der Waals surface area contributed by atoms with Crippen LogP contribution in [0.25, 0.3) is 0 Å². The van der Waals surface area contributed by atoms with Gasteiger partial charge < -0.3 is 10.2 Å². The highest BCUT2D eigenvalue weighted by Gasteiger charge is 1.96. The molecule has 0 atom stereocenters. The van der Waals surface area contributed by atoms with E-state index in [1.165, 1.54) is 58.3 Å². The average molecular weight is 228 g/mol. The molecule has 0 rings (SSSR count). The van der Waals surface area contributed by atoms with Gasteiger partial charge in [0.25, 0.3) is 0 Å². The topological polar surface area (TPSA) is 15.3 Å². The molecule has 0 saturated carbocycles. The summed E-state index contributed by atoms with van der Waals surface area (Å²) in [5.41, 5.74) is 0. The van der Waals surface area contributed by atoms with Crippen molar-refractivity contribution in [2.75, 3.05) is 33.2 Å². The Morgan fingerprint density at radius 3 is 2.31 bits per heavy atom. The lowest BCUT2D eigenvalue weighted by atomic mass is 10.1. The number of unbranched alkanes of at least 4 members (excludes halogenated alkanes) is 3. The van der Waals surface area contributed by atoms with Crippen LogP contribution < -0.4 is 5.32 Å². The van der Waals surface area contributed by atoms with Crippen LogP contribution in [0.2, 0.25) is 0 Å². The Kier molecular flexibility index (Phi) is 11.3. The van der Waals surface area contributed by atoms with Crippen LogP contribution in [-0.2, 0) is 0 Å². The first-order valence-corrected chi connectivity index (χ1v) is 7.06. The summed E-state index contributed by atoms with van der Waals surface area (Å²) in [4.78, 5) is 2.44. The van der Waals surface area contributed by atoms with Gasteiger partial charge in [0.15, 0.2) is 0 Å². The van der Waals surface area contributed by atoms with Crippen LogP contribution in [0.4, 0.5) is 0 Å². The van der Waals surface area contributed by atoms with Crippen LogP contribution in [0.3, 0.4) is 0 Å². The zero-order chi connectivity index (χ0) is 12.2. The number of hydrogen-bond donors (Lipinski definition) is 1. The fraction of sp³-hybridized carbons (Fsp3) is 1.00. The van der Waals surface area contributed by atoms with Gasteiger partial charge in [-0.2, -0.15) is 0 Å². The van der Waals surface area contributed by atoms with Crippen molar-refractivity contribution < 1.29 is 0 Å². The molecule has 0 spiro atoms. The summed E-state index contributed by atoms with van der Waals surface area (Å²) in [6.07, 6.45) is 6.74. The average Bonchev–Trinajstić information content (AvgIpc) is 2.22. The zero-order valence-electron chi connectivity index (χ0n) is 11.9. The Labute approximate surface area is 103 Å². The third-order valence-electron chi connectivity index (χ3n) is 2.80. The van der Waals surface area contributed by atoms with Gasteiger partial charge in [-0.1, -0.05) is 33.6 Å². The Morgan fingerprint density at radius 1 is 1.00 bits per heavy atom. The van der Waals surface area contributed by atoms with E-state index in [-0.39, 0.29) is 0 Å². The Hall–Kier alpha value is -0.0800. The van der Waals surface area contributed by atoms with Gasteiger partial charge >= 0.3 is 0 Å². The second-order valence-corrected chi connectivity index (χ2v) is 5.32. The molecule has 0 aromatic rings. The van der Waals surface area contributed by atoms with Crippen molar-refractivity contribution in [2.24, 2.45) is 5.92 Å². The first-order valence-electron chi connectivity index (χ1n) is 7.06. The lowest BCUT2D eigenvalue weighted by Crippen LogP contribution is -2.21. The molecule has 2 nitrogen and oxygen atoms in total. The molecule has 0 saturated heterocycles. The van der Waals surface area contributed by atoms with E-state index in [0.717, 1.165) is 5.92 Å². The first kappa shape index (κ1) is 15.9. The van der Waals surface area contributed by atoms with E-state index >= 15 is 0 Å². The Morgan fingerprint density at radius 2 is 1.69 bits per heavy atom. The highest BCUT2D eigenvalue weighted by molar-refractivity contribution is 4.54. The molecule has 0 aliphatic rings. The summed E-state index contributed by atoms with van der Waals surface area (Å²) in [6.45, 7) is 11.6. The molecule has 0 radical (unpaired) electrons. The van der Waals surface area contributed by atoms with Crippen LogP contribution in [0.1, 0.15) is 52.9 Å². The minimum Gasteiger partial charge on any atom is -0.316 e. The third kappa shape index (κ3) is 12.0. The van der Waals surface area contributed by atoms with E-state index in [2.05, 4.69) is 38.0 Å². The normalized spacial score (nSPS) is 11.6. The van der Waals surface area contributed by atoms with Gasteiger partial charge in [0.2, 0.25) is 0 Å². The number of hydrogen-bond acceptors (Lipinski definition) is 2. The molecule has 16 heavy (non-hydrogen) atoms. The molecule has 0 heterocycles. The fourth-order valence-corrected chi connectivity index (χ4v) is 1.87. The van der Waals surface area contributed by atoms with E-state index in [1.54, 1.807) is 0 Å². The molecule has 0 fully saturated rings. The molecule has 0 aromatic heterocycles. The second kappa shape index (κ2) is 11.4. The maximum absolute atomic E-state index is 3.49. The van der Waals surface area contributed by atoms with Crippen LogP contribution in [-0.4, -0.2) is 38.1 Å².